The van der Waals surface area contributed by atoms with E-state index in [1.165, 1.54) is 5.56 Å². The first-order valence-electron chi connectivity index (χ1n) is 10.2. The van der Waals surface area contributed by atoms with Crippen LogP contribution >= 0.6 is 0 Å². The smallest absolute Gasteiger partial charge is 0.175 e. The van der Waals surface area contributed by atoms with Crippen LogP contribution in [0.5, 0.6) is 0 Å². The van der Waals surface area contributed by atoms with Gasteiger partial charge in [0, 0.05) is 25.8 Å². The first-order chi connectivity index (χ1) is 14.2. The van der Waals surface area contributed by atoms with Crippen LogP contribution in [0.1, 0.15) is 24.6 Å². The minimum absolute atomic E-state index is 0.118. The lowest BCUT2D eigenvalue weighted by atomic mass is 10.1. The molecule has 0 spiro atoms. The Hall–Kier alpha value is -2.77. The third kappa shape index (κ3) is 4.99. The number of nitrogens with one attached hydrogen (secondary N) is 1. The third-order valence-corrected chi connectivity index (χ3v) is 5.26. The zero-order valence-corrected chi connectivity index (χ0v) is 17.0. The summed E-state index contributed by atoms with van der Waals surface area (Å²) >= 11 is 0. The maximum Gasteiger partial charge on any atom is 0.175 e. The van der Waals surface area contributed by atoms with E-state index in [1.54, 1.807) is 4.68 Å². The molecule has 0 aliphatic carbocycles. The maximum atomic E-state index is 6.10. The van der Waals surface area contributed by atoms with Crippen molar-refractivity contribution in [3.8, 4) is 5.82 Å². The van der Waals surface area contributed by atoms with Gasteiger partial charge in [0.15, 0.2) is 5.82 Å². The molecule has 2 aromatic heterocycles. The highest BCUT2D eigenvalue weighted by Crippen LogP contribution is 2.18. The van der Waals surface area contributed by atoms with E-state index in [-0.39, 0.29) is 12.1 Å². The standard InChI is InChI=1S/C22H28N6O/c1-3-19(20-16-27(13-14-29-20)15-18-7-5-4-6-8-18)23-21-9-10-22(25-24-21)28-12-11-17(2)26-28/h4-12,19-20H,3,13-16H2,1-2H3,(H,23,24). The fourth-order valence-electron chi connectivity index (χ4n) is 3.68. The van der Waals surface area contributed by atoms with E-state index >= 15 is 0 Å². The van der Waals surface area contributed by atoms with Gasteiger partial charge in [0.1, 0.15) is 5.82 Å². The average molecular weight is 393 g/mol. The number of morpholine rings is 1. The van der Waals surface area contributed by atoms with Gasteiger partial charge in [0.05, 0.1) is 24.4 Å². The Balaban J connectivity index is 1.38. The van der Waals surface area contributed by atoms with Crippen molar-refractivity contribution >= 4 is 5.82 Å². The molecule has 3 aromatic rings. The van der Waals surface area contributed by atoms with Crippen molar-refractivity contribution in [2.75, 3.05) is 25.0 Å². The van der Waals surface area contributed by atoms with Gasteiger partial charge in [-0.15, -0.1) is 10.2 Å². The Morgan fingerprint density at radius 2 is 2.00 bits per heavy atom. The summed E-state index contributed by atoms with van der Waals surface area (Å²) in [5, 5.41) is 16.5. The predicted molar refractivity (Wildman–Crippen MR) is 113 cm³/mol. The van der Waals surface area contributed by atoms with Crippen molar-refractivity contribution in [1.29, 1.82) is 0 Å². The molecule has 1 fully saturated rings. The Bertz CT molecular complexity index is 895. The topological polar surface area (TPSA) is 68.1 Å². The van der Waals surface area contributed by atoms with E-state index in [0.717, 1.165) is 44.2 Å². The number of aryl methyl sites for hydroxylation is 1. The van der Waals surface area contributed by atoms with E-state index in [9.17, 15) is 0 Å². The number of hydrogen-bond donors (Lipinski definition) is 1. The molecule has 1 saturated heterocycles. The lowest BCUT2D eigenvalue weighted by Crippen LogP contribution is -2.49. The lowest BCUT2D eigenvalue weighted by molar-refractivity contribution is -0.0403. The molecule has 152 valence electrons. The largest absolute Gasteiger partial charge is 0.373 e. The van der Waals surface area contributed by atoms with E-state index < -0.39 is 0 Å². The molecule has 2 unspecified atom stereocenters. The first kappa shape index (κ1) is 19.5. The van der Waals surface area contributed by atoms with Crippen LogP contribution in [0.25, 0.3) is 5.82 Å². The summed E-state index contributed by atoms with van der Waals surface area (Å²) in [6, 6.07) is 16.6. The molecule has 0 amide bonds. The van der Waals surface area contributed by atoms with Gasteiger partial charge in [0.25, 0.3) is 0 Å². The summed E-state index contributed by atoms with van der Waals surface area (Å²) in [7, 11) is 0. The molecule has 7 heteroatoms. The predicted octanol–water partition coefficient (Wildman–Crippen LogP) is 3.06. The highest BCUT2D eigenvalue weighted by atomic mass is 16.5. The second-order valence-electron chi connectivity index (χ2n) is 7.47. The third-order valence-electron chi connectivity index (χ3n) is 5.26. The van der Waals surface area contributed by atoms with Gasteiger partial charge in [-0.25, -0.2) is 4.68 Å². The second kappa shape index (κ2) is 9.15. The van der Waals surface area contributed by atoms with Gasteiger partial charge in [0.2, 0.25) is 0 Å². The van der Waals surface area contributed by atoms with Crippen LogP contribution in [0, 0.1) is 6.92 Å². The van der Waals surface area contributed by atoms with E-state index in [2.05, 4.69) is 62.8 Å². The average Bonchev–Trinajstić information content (AvgIpc) is 3.20. The van der Waals surface area contributed by atoms with Crippen LogP contribution in [0.15, 0.2) is 54.7 Å². The molecule has 1 aliphatic heterocycles. The van der Waals surface area contributed by atoms with Crippen molar-refractivity contribution in [1.82, 2.24) is 24.9 Å². The SMILES string of the molecule is CCC(Nc1ccc(-n2ccc(C)n2)nn1)C1CN(Cc2ccccc2)CCO1. The quantitative estimate of drug-likeness (QED) is 0.667. The van der Waals surface area contributed by atoms with Crippen LogP contribution in [0.3, 0.4) is 0 Å². The van der Waals surface area contributed by atoms with Crippen molar-refractivity contribution in [3.05, 3.63) is 66.0 Å². The molecule has 4 rings (SSSR count). The minimum atomic E-state index is 0.118. The van der Waals surface area contributed by atoms with Crippen LogP contribution in [-0.2, 0) is 11.3 Å². The summed E-state index contributed by atoms with van der Waals surface area (Å²) in [6.45, 7) is 7.69. The molecule has 29 heavy (non-hydrogen) atoms. The number of ether oxygens (including phenoxy) is 1. The number of rotatable bonds is 7. The van der Waals surface area contributed by atoms with Crippen molar-refractivity contribution in [3.63, 3.8) is 0 Å². The summed E-state index contributed by atoms with van der Waals surface area (Å²) in [5.74, 6) is 1.47. The van der Waals surface area contributed by atoms with Gasteiger partial charge in [-0.3, -0.25) is 4.90 Å². The fourth-order valence-corrected chi connectivity index (χ4v) is 3.68. The summed E-state index contributed by atoms with van der Waals surface area (Å²) in [5.41, 5.74) is 2.29. The Labute approximate surface area is 171 Å². The lowest BCUT2D eigenvalue weighted by Gasteiger charge is -2.37. The molecule has 0 bridgehead atoms. The van der Waals surface area contributed by atoms with E-state index in [0.29, 0.717) is 5.82 Å². The minimum Gasteiger partial charge on any atom is -0.373 e. The molecular formula is C22H28N6O. The molecular weight excluding hydrogens is 364 g/mol. The zero-order chi connectivity index (χ0) is 20.1. The molecule has 1 aliphatic rings. The molecule has 0 radical (unpaired) electrons. The van der Waals surface area contributed by atoms with Gasteiger partial charge in [-0.1, -0.05) is 37.3 Å². The highest BCUT2D eigenvalue weighted by molar-refractivity contribution is 5.37. The van der Waals surface area contributed by atoms with Gasteiger partial charge in [-0.2, -0.15) is 5.10 Å². The Kier molecular flexibility index (Phi) is 6.17. The Morgan fingerprint density at radius 1 is 1.14 bits per heavy atom. The van der Waals surface area contributed by atoms with Crippen molar-refractivity contribution in [2.45, 2.75) is 39.0 Å². The number of anilines is 1. The van der Waals surface area contributed by atoms with Gasteiger partial charge < -0.3 is 10.1 Å². The molecule has 3 heterocycles. The number of aromatic nitrogens is 4. The first-order valence-corrected chi connectivity index (χ1v) is 10.2. The molecule has 1 aromatic carbocycles. The zero-order valence-electron chi connectivity index (χ0n) is 17.0. The van der Waals surface area contributed by atoms with Crippen LogP contribution in [-0.4, -0.2) is 56.7 Å². The molecule has 2 atom stereocenters. The van der Waals surface area contributed by atoms with Crippen LogP contribution in [0.4, 0.5) is 5.82 Å². The number of nitrogens with zero attached hydrogens (tertiary/aromatic N) is 5. The van der Waals surface area contributed by atoms with Gasteiger partial charge in [-0.05, 0) is 37.1 Å². The highest BCUT2D eigenvalue weighted by Gasteiger charge is 2.27. The van der Waals surface area contributed by atoms with Crippen molar-refractivity contribution in [2.24, 2.45) is 0 Å². The summed E-state index contributed by atoms with van der Waals surface area (Å²) in [4.78, 5) is 2.46. The molecule has 7 nitrogen and oxygen atoms in total. The maximum absolute atomic E-state index is 6.10. The molecule has 1 N–H and O–H groups in total. The van der Waals surface area contributed by atoms with Gasteiger partial charge >= 0.3 is 0 Å². The monoisotopic (exact) mass is 392 g/mol. The second-order valence-corrected chi connectivity index (χ2v) is 7.47. The van der Waals surface area contributed by atoms with E-state index in [1.807, 2.05) is 31.3 Å². The van der Waals surface area contributed by atoms with Crippen LogP contribution in [0.2, 0.25) is 0 Å². The number of hydrogen-bond acceptors (Lipinski definition) is 6. The molecule has 0 saturated carbocycles. The van der Waals surface area contributed by atoms with Crippen molar-refractivity contribution < 1.29 is 4.74 Å². The summed E-state index contributed by atoms with van der Waals surface area (Å²) < 4.78 is 7.83. The fraction of sp³-hybridized carbons (Fsp3) is 0.409. The summed E-state index contributed by atoms with van der Waals surface area (Å²) in [6.07, 6.45) is 2.96. The van der Waals surface area contributed by atoms with E-state index in [4.69, 9.17) is 4.74 Å². The normalized spacial score (nSPS) is 18.5. The Morgan fingerprint density at radius 3 is 2.69 bits per heavy atom. The van der Waals surface area contributed by atoms with Crippen LogP contribution < -0.4 is 5.32 Å². The number of benzene rings is 1.